The van der Waals surface area contributed by atoms with Gasteiger partial charge in [-0.3, -0.25) is 9.66 Å². The van der Waals surface area contributed by atoms with E-state index < -0.39 is 0 Å². The number of nitrogens with one attached hydrogen (secondary N) is 1. The molecule has 4 nitrogen and oxygen atoms in total. The van der Waals surface area contributed by atoms with E-state index in [2.05, 4.69) is 15.4 Å². The maximum Gasteiger partial charge on any atom is 0.0890 e. The predicted molar refractivity (Wildman–Crippen MR) is 67.0 cm³/mol. The lowest BCUT2D eigenvalue weighted by Crippen LogP contribution is -2.13. The fourth-order valence-electron chi connectivity index (χ4n) is 1.69. The highest BCUT2D eigenvalue weighted by Crippen LogP contribution is 2.08. The van der Waals surface area contributed by atoms with Gasteiger partial charge in [0.25, 0.3) is 0 Å². The zero-order valence-corrected chi connectivity index (χ0v) is 9.24. The fourth-order valence-corrected chi connectivity index (χ4v) is 1.69. The summed E-state index contributed by atoms with van der Waals surface area (Å²) in [6.07, 6.45) is 5.71. The van der Waals surface area contributed by atoms with Crippen molar-refractivity contribution in [2.45, 2.75) is 6.54 Å². The van der Waals surface area contributed by atoms with Crippen LogP contribution in [0.4, 0.5) is 0 Å². The van der Waals surface area contributed by atoms with E-state index in [4.69, 9.17) is 0 Å². The molecule has 0 fully saturated rings. The number of para-hydroxylation sites is 2. The van der Waals surface area contributed by atoms with Gasteiger partial charge in [-0.1, -0.05) is 12.1 Å². The van der Waals surface area contributed by atoms with E-state index in [0.29, 0.717) is 6.54 Å². The van der Waals surface area contributed by atoms with Crippen LogP contribution in [0.3, 0.4) is 0 Å². The minimum atomic E-state index is 0.659. The molecule has 0 bridgehead atoms. The lowest BCUT2D eigenvalue weighted by molar-refractivity contribution is 0.829. The first-order valence-electron chi connectivity index (χ1n) is 5.49. The molecule has 84 valence electrons. The molecule has 0 saturated heterocycles. The van der Waals surface area contributed by atoms with E-state index in [1.807, 2.05) is 53.5 Å². The second kappa shape index (κ2) is 4.25. The summed E-state index contributed by atoms with van der Waals surface area (Å²) in [4.78, 5) is 8.91. The first kappa shape index (κ1) is 9.84. The maximum absolute atomic E-state index is 4.54. The minimum Gasteiger partial charge on any atom is -0.320 e. The Hall–Kier alpha value is -2.36. The SMILES string of the molecule is c1ccc2nc(CNn3cccc3)cnc2c1. The van der Waals surface area contributed by atoms with E-state index in [0.717, 1.165) is 16.7 Å². The predicted octanol–water partition coefficient (Wildman–Crippen LogP) is 2.17. The van der Waals surface area contributed by atoms with Crippen LogP contribution in [0.25, 0.3) is 11.0 Å². The summed E-state index contributed by atoms with van der Waals surface area (Å²) in [5.74, 6) is 0. The monoisotopic (exact) mass is 224 g/mol. The zero-order chi connectivity index (χ0) is 11.5. The molecule has 3 rings (SSSR count). The summed E-state index contributed by atoms with van der Waals surface area (Å²) in [5, 5.41) is 0. The molecule has 0 spiro atoms. The van der Waals surface area contributed by atoms with E-state index in [-0.39, 0.29) is 0 Å². The van der Waals surface area contributed by atoms with Gasteiger partial charge in [0.15, 0.2) is 0 Å². The highest BCUT2D eigenvalue weighted by Gasteiger charge is 1.98. The molecule has 1 N–H and O–H groups in total. The summed E-state index contributed by atoms with van der Waals surface area (Å²) >= 11 is 0. The molecular weight excluding hydrogens is 212 g/mol. The molecule has 0 aliphatic carbocycles. The van der Waals surface area contributed by atoms with Gasteiger partial charge in [-0.05, 0) is 24.3 Å². The van der Waals surface area contributed by atoms with E-state index in [1.54, 1.807) is 6.20 Å². The van der Waals surface area contributed by atoms with E-state index in [9.17, 15) is 0 Å². The van der Waals surface area contributed by atoms with E-state index in [1.165, 1.54) is 0 Å². The Morgan fingerprint density at radius 3 is 2.59 bits per heavy atom. The van der Waals surface area contributed by atoms with Gasteiger partial charge in [0.1, 0.15) is 0 Å². The lowest BCUT2D eigenvalue weighted by Gasteiger charge is -2.07. The molecule has 2 heterocycles. The second-order valence-electron chi connectivity index (χ2n) is 3.78. The van der Waals surface area contributed by atoms with Crippen molar-refractivity contribution in [3.8, 4) is 0 Å². The van der Waals surface area contributed by atoms with Crippen LogP contribution in [0.2, 0.25) is 0 Å². The summed E-state index contributed by atoms with van der Waals surface area (Å²) in [6.45, 7) is 0.659. The summed E-state index contributed by atoms with van der Waals surface area (Å²) in [5.41, 5.74) is 6.01. The molecule has 0 amide bonds. The third kappa shape index (κ3) is 2.10. The van der Waals surface area contributed by atoms with Gasteiger partial charge in [-0.2, -0.15) is 0 Å². The first-order chi connectivity index (χ1) is 8.42. The normalized spacial score (nSPS) is 10.6. The van der Waals surface area contributed by atoms with Crippen LogP contribution in [0.15, 0.2) is 55.0 Å². The largest absolute Gasteiger partial charge is 0.320 e. The first-order valence-corrected chi connectivity index (χ1v) is 5.49. The summed E-state index contributed by atoms with van der Waals surface area (Å²) in [6, 6.07) is 11.8. The van der Waals surface area contributed by atoms with Crippen LogP contribution in [0, 0.1) is 0 Å². The van der Waals surface area contributed by atoms with Crippen molar-refractivity contribution in [3.63, 3.8) is 0 Å². The van der Waals surface area contributed by atoms with Crippen molar-refractivity contribution in [2.24, 2.45) is 0 Å². The molecule has 3 aromatic rings. The Morgan fingerprint density at radius 1 is 1.00 bits per heavy atom. The van der Waals surface area contributed by atoms with Gasteiger partial charge in [0.05, 0.1) is 29.5 Å². The number of hydrogen-bond donors (Lipinski definition) is 1. The lowest BCUT2D eigenvalue weighted by atomic mass is 10.3. The summed E-state index contributed by atoms with van der Waals surface area (Å²) < 4.78 is 1.90. The number of rotatable bonds is 3. The molecule has 0 saturated carbocycles. The zero-order valence-electron chi connectivity index (χ0n) is 9.24. The second-order valence-corrected chi connectivity index (χ2v) is 3.78. The van der Waals surface area contributed by atoms with Crippen molar-refractivity contribution in [2.75, 3.05) is 5.43 Å². The van der Waals surface area contributed by atoms with Crippen LogP contribution in [-0.4, -0.2) is 14.6 Å². The molecule has 0 aliphatic rings. The average Bonchev–Trinajstić information content (AvgIpc) is 2.89. The van der Waals surface area contributed by atoms with Crippen LogP contribution in [0.5, 0.6) is 0 Å². The molecule has 0 unspecified atom stereocenters. The van der Waals surface area contributed by atoms with Crippen molar-refractivity contribution in [1.29, 1.82) is 0 Å². The number of benzene rings is 1. The molecule has 2 aromatic heterocycles. The van der Waals surface area contributed by atoms with E-state index >= 15 is 0 Å². The Labute approximate surface area is 98.9 Å². The molecule has 0 aliphatic heterocycles. The van der Waals surface area contributed by atoms with Gasteiger partial charge in [0.2, 0.25) is 0 Å². The fraction of sp³-hybridized carbons (Fsp3) is 0.0769. The Bertz CT molecular complexity index is 616. The Kier molecular flexibility index (Phi) is 2.46. The number of aromatic nitrogens is 3. The standard InChI is InChI=1S/C13H12N4/c1-2-6-13-12(5-1)14-9-11(16-13)10-15-17-7-3-4-8-17/h1-9,15H,10H2. The van der Waals surface area contributed by atoms with Crippen LogP contribution >= 0.6 is 0 Å². The van der Waals surface area contributed by atoms with Gasteiger partial charge in [0, 0.05) is 12.4 Å². The maximum atomic E-state index is 4.54. The molecule has 17 heavy (non-hydrogen) atoms. The van der Waals surface area contributed by atoms with Gasteiger partial charge in [-0.25, -0.2) is 4.98 Å². The third-order valence-corrected chi connectivity index (χ3v) is 2.55. The number of hydrogen-bond acceptors (Lipinski definition) is 3. The van der Waals surface area contributed by atoms with Crippen molar-refractivity contribution in [3.05, 3.63) is 60.7 Å². The van der Waals surface area contributed by atoms with Gasteiger partial charge in [-0.15, -0.1) is 0 Å². The van der Waals surface area contributed by atoms with Crippen molar-refractivity contribution >= 4 is 11.0 Å². The smallest absolute Gasteiger partial charge is 0.0890 e. The minimum absolute atomic E-state index is 0.659. The average molecular weight is 224 g/mol. The van der Waals surface area contributed by atoms with Crippen molar-refractivity contribution < 1.29 is 0 Å². The van der Waals surface area contributed by atoms with Crippen LogP contribution in [-0.2, 0) is 6.54 Å². The highest BCUT2D eigenvalue weighted by atomic mass is 15.4. The van der Waals surface area contributed by atoms with Gasteiger partial charge >= 0.3 is 0 Å². The van der Waals surface area contributed by atoms with Crippen LogP contribution in [0.1, 0.15) is 5.69 Å². The van der Waals surface area contributed by atoms with Crippen molar-refractivity contribution in [1.82, 2.24) is 14.6 Å². The number of fused-ring (bicyclic) bond motifs is 1. The van der Waals surface area contributed by atoms with Gasteiger partial charge < -0.3 is 5.43 Å². The molecule has 1 aromatic carbocycles. The highest BCUT2D eigenvalue weighted by molar-refractivity contribution is 5.73. The Balaban J connectivity index is 1.81. The summed E-state index contributed by atoms with van der Waals surface area (Å²) in [7, 11) is 0. The van der Waals surface area contributed by atoms with Crippen LogP contribution < -0.4 is 5.43 Å². The molecule has 4 heteroatoms. The third-order valence-electron chi connectivity index (χ3n) is 2.55. The quantitative estimate of drug-likeness (QED) is 0.741. The Morgan fingerprint density at radius 2 is 1.76 bits per heavy atom. The topological polar surface area (TPSA) is 42.7 Å². The number of nitrogens with zero attached hydrogens (tertiary/aromatic N) is 3. The molecular formula is C13H12N4. The molecule has 0 radical (unpaired) electrons. The molecule has 0 atom stereocenters.